The van der Waals surface area contributed by atoms with Crippen molar-refractivity contribution in [3.8, 4) is 5.75 Å². The fourth-order valence-corrected chi connectivity index (χ4v) is 3.38. The van der Waals surface area contributed by atoms with Crippen LogP contribution in [0.5, 0.6) is 5.75 Å². The molecule has 1 aliphatic heterocycles. The molecule has 0 aromatic heterocycles. The topological polar surface area (TPSA) is 69.2 Å². The lowest BCUT2D eigenvalue weighted by Crippen LogP contribution is -2.46. The van der Waals surface area contributed by atoms with Crippen LogP contribution in [0.25, 0.3) is 0 Å². The summed E-state index contributed by atoms with van der Waals surface area (Å²) < 4.78 is 5.83. The van der Waals surface area contributed by atoms with E-state index < -0.39 is 0 Å². The van der Waals surface area contributed by atoms with Gasteiger partial charge >= 0.3 is 0 Å². The van der Waals surface area contributed by atoms with Gasteiger partial charge in [-0.05, 0) is 57.5 Å². The molecule has 0 aliphatic carbocycles. The van der Waals surface area contributed by atoms with E-state index in [0.717, 1.165) is 56.3 Å². The number of amides is 1. The molecule has 1 heterocycles. The first-order valence-corrected chi connectivity index (χ1v) is 10.6. The second-order valence-corrected chi connectivity index (χ2v) is 7.78. The zero-order chi connectivity index (χ0) is 21.1. The minimum atomic E-state index is 0.136. The molecule has 1 amide bonds. The number of guanidine groups is 1. The maximum atomic E-state index is 11.6. The second kappa shape index (κ2) is 12.3. The first-order valence-electron chi connectivity index (χ1n) is 10.6. The number of aliphatic imine (C=N–C) groups is 1. The fraction of sp³-hybridized carbons (Fsp3) is 0.636. The highest BCUT2D eigenvalue weighted by Crippen LogP contribution is 2.21. The van der Waals surface area contributed by atoms with E-state index in [2.05, 4.69) is 39.5 Å². The number of benzene rings is 1. The number of nitrogens with zero attached hydrogens (tertiary/aromatic N) is 3. The first-order chi connectivity index (χ1) is 14.0. The molecule has 0 saturated carbocycles. The lowest BCUT2D eigenvalue weighted by atomic mass is 9.93. The van der Waals surface area contributed by atoms with Crippen LogP contribution in [0.4, 0.5) is 0 Å². The molecule has 2 N–H and O–H groups in total. The van der Waals surface area contributed by atoms with Gasteiger partial charge in [0, 0.05) is 39.6 Å². The van der Waals surface area contributed by atoms with Gasteiger partial charge in [-0.3, -0.25) is 4.79 Å². The van der Waals surface area contributed by atoms with Crippen molar-refractivity contribution in [2.24, 2.45) is 10.9 Å². The van der Waals surface area contributed by atoms with Gasteiger partial charge in [-0.15, -0.1) is 0 Å². The third-order valence-corrected chi connectivity index (χ3v) is 5.12. The van der Waals surface area contributed by atoms with Crippen LogP contribution in [-0.2, 0) is 11.3 Å². The van der Waals surface area contributed by atoms with E-state index >= 15 is 0 Å². The normalized spacial score (nSPS) is 15.5. The molecule has 1 aliphatic rings. The van der Waals surface area contributed by atoms with Crippen LogP contribution in [-0.4, -0.2) is 75.6 Å². The molecular weight excluding hydrogens is 366 g/mol. The van der Waals surface area contributed by atoms with E-state index in [1.165, 1.54) is 0 Å². The molecule has 1 fully saturated rings. The van der Waals surface area contributed by atoms with Gasteiger partial charge in [0.15, 0.2) is 5.96 Å². The number of hydrogen-bond donors (Lipinski definition) is 2. The molecule has 2 rings (SSSR count). The van der Waals surface area contributed by atoms with Gasteiger partial charge in [0.25, 0.3) is 0 Å². The molecule has 0 atom stereocenters. The molecular formula is C22H37N5O2. The predicted molar refractivity (Wildman–Crippen MR) is 118 cm³/mol. The number of ether oxygens (including phenoxy) is 1. The van der Waals surface area contributed by atoms with E-state index in [4.69, 9.17) is 9.73 Å². The standard InChI is InChI=1S/C22H37N5O2/c1-5-24-22(27-11-9-18(10-12-27)16-21(28)23-2)25-17-19-7-6-8-20(15-19)29-14-13-26(3)4/h6-8,15,18H,5,9-14,16-17H2,1-4H3,(H,23,28)(H,24,25). The average Bonchev–Trinajstić information content (AvgIpc) is 2.72. The predicted octanol–water partition coefficient (Wildman–Crippen LogP) is 1.94. The van der Waals surface area contributed by atoms with Crippen molar-refractivity contribution >= 4 is 11.9 Å². The van der Waals surface area contributed by atoms with Crippen molar-refractivity contribution in [2.45, 2.75) is 32.7 Å². The van der Waals surface area contributed by atoms with Crippen molar-refractivity contribution in [3.63, 3.8) is 0 Å². The Morgan fingerprint density at radius 3 is 2.72 bits per heavy atom. The van der Waals surface area contributed by atoms with Crippen molar-refractivity contribution in [2.75, 3.05) is 53.9 Å². The number of carbonyl (C=O) groups excluding carboxylic acids is 1. The van der Waals surface area contributed by atoms with Crippen molar-refractivity contribution in [1.29, 1.82) is 0 Å². The number of rotatable bonds is 9. The van der Waals surface area contributed by atoms with Crippen LogP contribution in [0, 0.1) is 5.92 Å². The Morgan fingerprint density at radius 1 is 1.31 bits per heavy atom. The maximum Gasteiger partial charge on any atom is 0.220 e. The monoisotopic (exact) mass is 403 g/mol. The largest absolute Gasteiger partial charge is 0.492 e. The summed E-state index contributed by atoms with van der Waals surface area (Å²) in [5.74, 6) is 2.44. The van der Waals surface area contributed by atoms with Crippen LogP contribution in [0.15, 0.2) is 29.3 Å². The summed E-state index contributed by atoms with van der Waals surface area (Å²) in [6, 6.07) is 8.16. The zero-order valence-electron chi connectivity index (χ0n) is 18.4. The summed E-state index contributed by atoms with van der Waals surface area (Å²) in [7, 11) is 5.78. The number of piperidine rings is 1. The van der Waals surface area contributed by atoms with Crippen molar-refractivity contribution < 1.29 is 9.53 Å². The SMILES string of the molecule is CCNC(=NCc1cccc(OCCN(C)C)c1)N1CCC(CC(=O)NC)CC1. The molecule has 1 aromatic rings. The Labute approximate surface area is 175 Å². The fourth-order valence-electron chi connectivity index (χ4n) is 3.38. The van der Waals surface area contributed by atoms with Crippen molar-refractivity contribution in [1.82, 2.24) is 20.4 Å². The van der Waals surface area contributed by atoms with Crippen LogP contribution >= 0.6 is 0 Å². The zero-order valence-corrected chi connectivity index (χ0v) is 18.4. The third-order valence-electron chi connectivity index (χ3n) is 5.12. The lowest BCUT2D eigenvalue weighted by molar-refractivity contribution is -0.121. The third kappa shape index (κ3) is 8.31. The summed E-state index contributed by atoms with van der Waals surface area (Å²) in [4.78, 5) is 20.9. The highest BCUT2D eigenvalue weighted by Gasteiger charge is 2.23. The Balaban J connectivity index is 1.91. The summed E-state index contributed by atoms with van der Waals surface area (Å²) in [5, 5.41) is 6.14. The minimum Gasteiger partial charge on any atom is -0.492 e. The molecule has 0 spiro atoms. The van der Waals surface area contributed by atoms with Crippen LogP contribution < -0.4 is 15.4 Å². The van der Waals surface area contributed by atoms with Crippen LogP contribution in [0.3, 0.4) is 0 Å². The quantitative estimate of drug-likeness (QED) is 0.487. The number of carbonyl (C=O) groups is 1. The Morgan fingerprint density at radius 2 is 2.07 bits per heavy atom. The van der Waals surface area contributed by atoms with E-state index in [1.807, 2.05) is 26.2 Å². The maximum absolute atomic E-state index is 11.6. The molecule has 7 nitrogen and oxygen atoms in total. The van der Waals surface area contributed by atoms with Gasteiger partial charge in [0.2, 0.25) is 5.91 Å². The van der Waals surface area contributed by atoms with Gasteiger partial charge in [-0.25, -0.2) is 4.99 Å². The molecule has 1 saturated heterocycles. The summed E-state index contributed by atoms with van der Waals surface area (Å²) in [6.45, 7) is 6.97. The number of likely N-dealkylation sites (N-methyl/N-ethyl adjacent to an activating group) is 1. The summed E-state index contributed by atoms with van der Waals surface area (Å²) >= 11 is 0. The number of likely N-dealkylation sites (tertiary alicyclic amines) is 1. The van der Waals surface area contributed by atoms with Gasteiger partial charge in [-0.1, -0.05) is 12.1 Å². The number of hydrogen-bond acceptors (Lipinski definition) is 4. The van der Waals surface area contributed by atoms with Gasteiger partial charge < -0.3 is 25.2 Å². The van der Waals surface area contributed by atoms with Crippen LogP contribution in [0.1, 0.15) is 31.7 Å². The van der Waals surface area contributed by atoms with E-state index in [0.29, 0.717) is 25.5 Å². The van der Waals surface area contributed by atoms with E-state index in [-0.39, 0.29) is 5.91 Å². The van der Waals surface area contributed by atoms with E-state index in [9.17, 15) is 4.79 Å². The minimum absolute atomic E-state index is 0.136. The van der Waals surface area contributed by atoms with Crippen molar-refractivity contribution in [3.05, 3.63) is 29.8 Å². The van der Waals surface area contributed by atoms with Crippen LogP contribution in [0.2, 0.25) is 0 Å². The molecule has 0 bridgehead atoms. The van der Waals surface area contributed by atoms with Gasteiger partial charge in [0.1, 0.15) is 12.4 Å². The highest BCUT2D eigenvalue weighted by atomic mass is 16.5. The molecule has 29 heavy (non-hydrogen) atoms. The Hall–Kier alpha value is -2.28. The second-order valence-electron chi connectivity index (χ2n) is 7.78. The highest BCUT2D eigenvalue weighted by molar-refractivity contribution is 5.80. The smallest absolute Gasteiger partial charge is 0.220 e. The lowest BCUT2D eigenvalue weighted by Gasteiger charge is -2.34. The summed E-state index contributed by atoms with van der Waals surface area (Å²) in [5.41, 5.74) is 1.14. The van der Waals surface area contributed by atoms with Gasteiger partial charge in [0.05, 0.1) is 6.54 Å². The molecule has 1 aromatic carbocycles. The number of nitrogens with one attached hydrogen (secondary N) is 2. The van der Waals surface area contributed by atoms with E-state index in [1.54, 1.807) is 7.05 Å². The molecule has 7 heteroatoms. The van der Waals surface area contributed by atoms with Gasteiger partial charge in [-0.2, -0.15) is 0 Å². The molecule has 0 radical (unpaired) electrons. The average molecular weight is 404 g/mol. The Kier molecular flexibility index (Phi) is 9.77. The Bertz CT molecular complexity index is 654. The molecule has 0 unspecified atom stereocenters. The summed E-state index contributed by atoms with van der Waals surface area (Å²) in [6.07, 6.45) is 2.67. The molecule has 162 valence electrons. The first kappa shape index (κ1) is 23.0.